The number of methoxy groups -OCH3 is 1. The van der Waals surface area contributed by atoms with Crippen LogP contribution in [0.5, 0.6) is 0 Å². The number of para-hydroxylation sites is 1. The van der Waals surface area contributed by atoms with Crippen molar-refractivity contribution in [2.45, 2.75) is 6.42 Å². The first-order valence-electron chi connectivity index (χ1n) is 8.52. The molecular formula is C22H17NO4. The predicted octanol–water partition coefficient (Wildman–Crippen LogP) is 4.55. The smallest absolute Gasteiger partial charge is 0.339 e. The number of rotatable bonds is 4. The molecule has 5 nitrogen and oxygen atoms in total. The van der Waals surface area contributed by atoms with Crippen LogP contribution >= 0.6 is 0 Å². The van der Waals surface area contributed by atoms with Crippen LogP contribution in [0.15, 0.2) is 71.3 Å². The molecule has 0 aliphatic heterocycles. The molecule has 4 aromatic rings. The van der Waals surface area contributed by atoms with Crippen LogP contribution in [0.25, 0.3) is 21.7 Å². The number of amides is 1. The minimum absolute atomic E-state index is 0.135. The number of benzene rings is 3. The summed E-state index contributed by atoms with van der Waals surface area (Å²) < 4.78 is 10.4. The van der Waals surface area contributed by atoms with Crippen molar-refractivity contribution < 1.29 is 18.7 Å². The molecule has 1 amide bonds. The Labute approximate surface area is 155 Å². The molecule has 0 atom stereocenters. The molecule has 4 rings (SSSR count). The summed E-state index contributed by atoms with van der Waals surface area (Å²) in [5, 5.41) is 5.86. The highest BCUT2D eigenvalue weighted by Crippen LogP contribution is 2.30. The zero-order chi connectivity index (χ0) is 18.8. The summed E-state index contributed by atoms with van der Waals surface area (Å²) >= 11 is 0. The summed E-state index contributed by atoms with van der Waals surface area (Å²) in [4.78, 5) is 24.5. The maximum atomic E-state index is 12.6. The van der Waals surface area contributed by atoms with Crippen LogP contribution in [-0.4, -0.2) is 19.0 Å². The van der Waals surface area contributed by atoms with E-state index in [1.807, 2.05) is 36.4 Å². The molecule has 1 heterocycles. The normalized spacial score (nSPS) is 10.9. The molecule has 0 bridgehead atoms. The topological polar surface area (TPSA) is 68.5 Å². The maximum Gasteiger partial charge on any atom is 0.339 e. The lowest BCUT2D eigenvalue weighted by Gasteiger charge is -2.09. The van der Waals surface area contributed by atoms with Crippen molar-refractivity contribution in [3.8, 4) is 0 Å². The first kappa shape index (κ1) is 16.8. The summed E-state index contributed by atoms with van der Waals surface area (Å²) in [6.45, 7) is 0. The number of carbonyl (C=O) groups is 2. The molecule has 1 aromatic heterocycles. The van der Waals surface area contributed by atoms with Crippen LogP contribution in [-0.2, 0) is 16.0 Å². The Morgan fingerprint density at radius 3 is 2.63 bits per heavy atom. The molecule has 0 aliphatic rings. The fourth-order valence-corrected chi connectivity index (χ4v) is 3.25. The Hall–Kier alpha value is -3.60. The standard InChI is InChI=1S/C22H17NO4/c1-26-22(25)17-8-4-5-9-18(17)23-20(24)12-15-13-27-19-11-10-14-6-2-3-7-16(14)21(15)19/h2-11,13H,12H2,1H3,(H,23,24). The molecular weight excluding hydrogens is 342 g/mol. The third kappa shape index (κ3) is 3.15. The number of hydrogen-bond donors (Lipinski definition) is 1. The van der Waals surface area contributed by atoms with Gasteiger partial charge >= 0.3 is 5.97 Å². The zero-order valence-electron chi connectivity index (χ0n) is 14.7. The molecule has 5 heteroatoms. The number of esters is 1. The minimum atomic E-state index is -0.495. The lowest BCUT2D eigenvalue weighted by atomic mass is 10.0. The highest BCUT2D eigenvalue weighted by Gasteiger charge is 2.16. The van der Waals surface area contributed by atoms with Crippen molar-refractivity contribution in [2.75, 3.05) is 12.4 Å². The van der Waals surface area contributed by atoms with Gasteiger partial charge in [-0.3, -0.25) is 4.79 Å². The van der Waals surface area contributed by atoms with E-state index in [0.717, 1.165) is 27.3 Å². The van der Waals surface area contributed by atoms with Gasteiger partial charge in [-0.25, -0.2) is 4.79 Å². The molecule has 0 unspecified atom stereocenters. The summed E-state index contributed by atoms with van der Waals surface area (Å²) in [6, 6.07) is 18.6. The highest BCUT2D eigenvalue weighted by atomic mass is 16.5. The van der Waals surface area contributed by atoms with Crippen molar-refractivity contribution in [2.24, 2.45) is 0 Å². The van der Waals surface area contributed by atoms with E-state index in [1.165, 1.54) is 7.11 Å². The van der Waals surface area contributed by atoms with E-state index in [-0.39, 0.29) is 12.3 Å². The Kier molecular flexibility index (Phi) is 4.34. The number of ether oxygens (including phenoxy) is 1. The monoisotopic (exact) mass is 359 g/mol. The van der Waals surface area contributed by atoms with Gasteiger partial charge in [-0.2, -0.15) is 0 Å². The quantitative estimate of drug-likeness (QED) is 0.543. The van der Waals surface area contributed by atoms with Gasteiger partial charge in [-0.15, -0.1) is 0 Å². The van der Waals surface area contributed by atoms with E-state index in [2.05, 4.69) is 5.32 Å². The molecule has 0 aliphatic carbocycles. The number of nitrogens with one attached hydrogen (secondary N) is 1. The van der Waals surface area contributed by atoms with E-state index in [9.17, 15) is 9.59 Å². The van der Waals surface area contributed by atoms with Gasteiger partial charge in [-0.05, 0) is 29.0 Å². The van der Waals surface area contributed by atoms with E-state index >= 15 is 0 Å². The highest BCUT2D eigenvalue weighted by molar-refractivity contribution is 6.09. The summed E-state index contributed by atoms with van der Waals surface area (Å²) in [6.07, 6.45) is 1.75. The van der Waals surface area contributed by atoms with E-state index < -0.39 is 5.97 Å². The fourth-order valence-electron chi connectivity index (χ4n) is 3.25. The summed E-state index contributed by atoms with van der Waals surface area (Å²) in [5.74, 6) is -0.729. The number of anilines is 1. The third-order valence-electron chi connectivity index (χ3n) is 4.50. The lowest BCUT2D eigenvalue weighted by molar-refractivity contribution is -0.115. The Morgan fingerprint density at radius 1 is 1.00 bits per heavy atom. The van der Waals surface area contributed by atoms with Crippen LogP contribution in [0.3, 0.4) is 0 Å². The molecule has 0 saturated heterocycles. The zero-order valence-corrected chi connectivity index (χ0v) is 14.7. The molecule has 0 saturated carbocycles. The van der Waals surface area contributed by atoms with Crippen molar-refractivity contribution in [3.63, 3.8) is 0 Å². The van der Waals surface area contributed by atoms with Crippen LogP contribution < -0.4 is 5.32 Å². The molecule has 27 heavy (non-hydrogen) atoms. The minimum Gasteiger partial charge on any atom is -0.465 e. The van der Waals surface area contributed by atoms with Crippen molar-refractivity contribution in [1.29, 1.82) is 0 Å². The van der Waals surface area contributed by atoms with E-state index in [0.29, 0.717) is 11.3 Å². The van der Waals surface area contributed by atoms with Crippen LogP contribution in [0.4, 0.5) is 5.69 Å². The SMILES string of the molecule is COC(=O)c1ccccc1NC(=O)Cc1coc2ccc3ccccc3c12. The largest absolute Gasteiger partial charge is 0.465 e. The van der Waals surface area contributed by atoms with Gasteiger partial charge < -0.3 is 14.5 Å². The van der Waals surface area contributed by atoms with Crippen molar-refractivity contribution in [1.82, 2.24) is 0 Å². The summed E-state index contributed by atoms with van der Waals surface area (Å²) in [7, 11) is 1.31. The van der Waals surface area contributed by atoms with Gasteiger partial charge in [0.15, 0.2) is 0 Å². The second kappa shape index (κ2) is 6.96. The average Bonchev–Trinajstić information content (AvgIpc) is 3.11. The van der Waals surface area contributed by atoms with E-state index in [4.69, 9.17) is 9.15 Å². The molecule has 0 radical (unpaired) electrons. The number of carbonyl (C=O) groups excluding carboxylic acids is 2. The molecule has 1 N–H and O–H groups in total. The second-order valence-electron chi connectivity index (χ2n) is 6.18. The maximum absolute atomic E-state index is 12.6. The Morgan fingerprint density at radius 2 is 1.78 bits per heavy atom. The van der Waals surface area contributed by atoms with Crippen molar-refractivity contribution >= 4 is 39.3 Å². The first-order chi connectivity index (χ1) is 13.2. The van der Waals surface area contributed by atoms with Crippen LogP contribution in [0.1, 0.15) is 15.9 Å². The fraction of sp³-hybridized carbons (Fsp3) is 0.0909. The number of furan rings is 1. The van der Waals surface area contributed by atoms with Gasteiger partial charge in [0.25, 0.3) is 0 Å². The second-order valence-corrected chi connectivity index (χ2v) is 6.18. The van der Waals surface area contributed by atoms with Gasteiger partial charge in [-0.1, -0.05) is 42.5 Å². The average molecular weight is 359 g/mol. The van der Waals surface area contributed by atoms with E-state index in [1.54, 1.807) is 30.5 Å². The lowest BCUT2D eigenvalue weighted by Crippen LogP contribution is -2.17. The number of hydrogen-bond acceptors (Lipinski definition) is 4. The summed E-state index contributed by atoms with van der Waals surface area (Å²) in [5.41, 5.74) is 2.28. The van der Waals surface area contributed by atoms with Gasteiger partial charge in [0, 0.05) is 10.9 Å². The molecule has 0 fully saturated rings. The number of fused-ring (bicyclic) bond motifs is 3. The Bertz CT molecular complexity index is 1160. The third-order valence-corrected chi connectivity index (χ3v) is 4.50. The van der Waals surface area contributed by atoms with Crippen LogP contribution in [0.2, 0.25) is 0 Å². The van der Waals surface area contributed by atoms with Gasteiger partial charge in [0.2, 0.25) is 5.91 Å². The van der Waals surface area contributed by atoms with Crippen LogP contribution in [0, 0.1) is 0 Å². The van der Waals surface area contributed by atoms with Gasteiger partial charge in [0.05, 0.1) is 31.0 Å². The molecule has 0 spiro atoms. The Balaban J connectivity index is 1.65. The first-order valence-corrected chi connectivity index (χ1v) is 8.52. The molecule has 3 aromatic carbocycles. The van der Waals surface area contributed by atoms with Crippen molar-refractivity contribution in [3.05, 3.63) is 78.1 Å². The molecule has 134 valence electrons. The predicted molar refractivity (Wildman–Crippen MR) is 104 cm³/mol. The van der Waals surface area contributed by atoms with Gasteiger partial charge in [0.1, 0.15) is 5.58 Å².